The summed E-state index contributed by atoms with van der Waals surface area (Å²) in [5.74, 6) is 1.34. The minimum atomic E-state index is -1.06. The lowest BCUT2D eigenvalue weighted by Crippen LogP contribution is -2.46. The van der Waals surface area contributed by atoms with Gasteiger partial charge in [-0.25, -0.2) is 18.7 Å². The van der Waals surface area contributed by atoms with Crippen LogP contribution in [0.5, 0.6) is 0 Å². The highest BCUT2D eigenvalue weighted by Crippen LogP contribution is 2.53. The molecule has 0 heterocycles. The van der Waals surface area contributed by atoms with Crippen LogP contribution in [-0.2, 0) is 28.1 Å². The number of rotatable bonds is 30. The first kappa shape index (κ1) is 54.6. The standard InChI is InChI=1S/C40H84N4O6P2S2/c1-19-38(45)53-28-26-47-22-24-49-51(41(30(2)3)31(4)5)43(34(10)11)36(14)20-21-37(15)44(35(12)13)52(42(32(6)7)33(8)9)50-25-23-48-27-29-54-39(46)40(16,17)18/h30-37H,19-29H2,1-18H3. The zero-order valence-electron chi connectivity index (χ0n) is 37.8. The normalized spacial score (nSPS) is 15.4. The SMILES string of the molecule is CCC(=O)SCCOCCOP(N(C(C)C)C(C)C)N(C(C)C)C(C)CCC(C)N(C(C)C)P(OCCOCCSC(=O)C(C)(C)C)N(C(C)C)C(C)C. The summed E-state index contributed by atoms with van der Waals surface area (Å²) in [6, 6.07) is 2.45. The summed E-state index contributed by atoms with van der Waals surface area (Å²) in [5, 5.41) is 0.404. The van der Waals surface area contributed by atoms with Gasteiger partial charge >= 0.3 is 0 Å². The molecule has 0 amide bonds. The molecule has 0 aliphatic rings. The number of ether oxygens (including phenoxy) is 2. The Bertz CT molecular complexity index is 990. The smallest absolute Gasteiger partial charge is 0.194 e. The van der Waals surface area contributed by atoms with E-state index >= 15 is 0 Å². The second-order valence-corrected chi connectivity index (χ2v) is 22.3. The molecule has 0 spiro atoms. The molecule has 0 saturated carbocycles. The summed E-state index contributed by atoms with van der Waals surface area (Å²) in [4.78, 5) is 23.9. The van der Waals surface area contributed by atoms with Crippen molar-refractivity contribution in [2.75, 3.05) is 51.1 Å². The Labute approximate surface area is 344 Å². The van der Waals surface area contributed by atoms with Crippen molar-refractivity contribution in [3.8, 4) is 0 Å². The van der Waals surface area contributed by atoms with Crippen LogP contribution in [0, 0.1) is 5.41 Å². The summed E-state index contributed by atoms with van der Waals surface area (Å²) < 4.78 is 35.7. The molecular weight excluding hydrogens is 759 g/mol. The van der Waals surface area contributed by atoms with Crippen molar-refractivity contribution >= 4 is 50.7 Å². The molecule has 10 nitrogen and oxygen atoms in total. The molecule has 0 aromatic heterocycles. The van der Waals surface area contributed by atoms with E-state index in [2.05, 4.69) is 116 Å². The van der Waals surface area contributed by atoms with E-state index in [-0.39, 0.29) is 21.7 Å². The molecule has 322 valence electrons. The van der Waals surface area contributed by atoms with Gasteiger partial charge in [-0.05, 0) is 110 Å². The molecule has 0 aliphatic carbocycles. The van der Waals surface area contributed by atoms with Gasteiger partial charge in [-0.15, -0.1) is 0 Å². The lowest BCUT2D eigenvalue weighted by atomic mass is 10.00. The number of hydrogen-bond donors (Lipinski definition) is 0. The fourth-order valence-corrected chi connectivity index (χ4v) is 12.5. The first-order chi connectivity index (χ1) is 25.1. The summed E-state index contributed by atoms with van der Waals surface area (Å²) in [5.41, 5.74) is -0.339. The van der Waals surface area contributed by atoms with E-state index in [1.807, 2.05) is 27.7 Å². The molecule has 14 heteroatoms. The Kier molecular flexibility index (Phi) is 29.2. The number of hydrogen-bond acceptors (Lipinski definition) is 12. The predicted molar refractivity (Wildman–Crippen MR) is 238 cm³/mol. The maximum absolute atomic E-state index is 12.3. The Morgan fingerprint density at radius 2 is 0.852 bits per heavy atom. The molecule has 0 fully saturated rings. The first-order valence-corrected chi connectivity index (χ1v) is 24.9. The van der Waals surface area contributed by atoms with Crippen LogP contribution < -0.4 is 0 Å². The van der Waals surface area contributed by atoms with Gasteiger partial charge in [0.05, 0.1) is 39.6 Å². The Morgan fingerprint density at radius 1 is 0.519 bits per heavy atom. The number of carbonyl (C=O) groups is 2. The summed E-state index contributed by atoms with van der Waals surface area (Å²) >= 11 is 2.70. The van der Waals surface area contributed by atoms with E-state index < -0.39 is 16.9 Å². The first-order valence-electron chi connectivity index (χ1n) is 20.6. The Balaban J connectivity index is 5.91. The van der Waals surface area contributed by atoms with Crippen molar-refractivity contribution in [1.82, 2.24) is 18.7 Å². The van der Waals surface area contributed by atoms with Crippen molar-refractivity contribution in [3.05, 3.63) is 0 Å². The zero-order chi connectivity index (χ0) is 41.8. The highest BCUT2D eigenvalue weighted by molar-refractivity contribution is 8.13. The van der Waals surface area contributed by atoms with Crippen LogP contribution in [0.3, 0.4) is 0 Å². The van der Waals surface area contributed by atoms with Gasteiger partial charge in [-0.2, -0.15) is 0 Å². The van der Waals surface area contributed by atoms with Gasteiger partial charge in [-0.3, -0.25) is 9.59 Å². The minimum absolute atomic E-state index is 0.196. The van der Waals surface area contributed by atoms with Gasteiger partial charge in [0.2, 0.25) is 0 Å². The van der Waals surface area contributed by atoms with Gasteiger partial charge in [0.25, 0.3) is 0 Å². The topological polar surface area (TPSA) is 84.0 Å². The van der Waals surface area contributed by atoms with Gasteiger partial charge in [-0.1, -0.05) is 51.2 Å². The molecule has 0 bridgehead atoms. The molecule has 0 aliphatic heterocycles. The van der Waals surface area contributed by atoms with Crippen LogP contribution >= 0.6 is 40.4 Å². The molecule has 0 N–H and O–H groups in total. The predicted octanol–water partition coefficient (Wildman–Crippen LogP) is 10.7. The molecule has 0 rings (SSSR count). The van der Waals surface area contributed by atoms with Gasteiger partial charge < -0.3 is 18.5 Å². The van der Waals surface area contributed by atoms with E-state index in [9.17, 15) is 9.59 Å². The minimum Gasteiger partial charge on any atom is -0.378 e. The number of carbonyl (C=O) groups excluding carboxylic acids is 2. The van der Waals surface area contributed by atoms with E-state index in [1.54, 1.807) is 0 Å². The highest BCUT2D eigenvalue weighted by atomic mass is 32.2. The van der Waals surface area contributed by atoms with Gasteiger partial charge in [0.15, 0.2) is 27.1 Å². The van der Waals surface area contributed by atoms with Crippen molar-refractivity contribution in [2.45, 2.75) is 192 Å². The fraction of sp³-hybridized carbons (Fsp3) is 0.950. The molecule has 4 atom stereocenters. The molecular formula is C40H84N4O6P2S2. The number of thioether (sulfide) groups is 2. The highest BCUT2D eigenvalue weighted by Gasteiger charge is 2.38. The Hall–Kier alpha value is 0.580. The molecule has 54 heavy (non-hydrogen) atoms. The summed E-state index contributed by atoms with van der Waals surface area (Å²) in [6.45, 7) is 42.9. The molecule has 0 aromatic carbocycles. The maximum atomic E-state index is 12.3. The van der Waals surface area contributed by atoms with Crippen molar-refractivity contribution in [2.24, 2.45) is 5.41 Å². The van der Waals surface area contributed by atoms with Crippen molar-refractivity contribution < 1.29 is 28.1 Å². The van der Waals surface area contributed by atoms with Crippen molar-refractivity contribution in [3.63, 3.8) is 0 Å². The molecule has 0 saturated heterocycles. The molecule has 4 unspecified atom stereocenters. The van der Waals surface area contributed by atoms with Crippen LogP contribution in [0.25, 0.3) is 0 Å². The third-order valence-electron chi connectivity index (χ3n) is 8.59. The average molecular weight is 843 g/mol. The van der Waals surface area contributed by atoms with Crippen LogP contribution in [-0.4, -0.2) is 128 Å². The second kappa shape index (κ2) is 28.9. The Morgan fingerprint density at radius 3 is 1.15 bits per heavy atom. The summed E-state index contributed by atoms with van der Waals surface area (Å²) in [6.07, 6.45) is 2.60. The lowest BCUT2D eigenvalue weighted by molar-refractivity contribution is -0.117. The summed E-state index contributed by atoms with van der Waals surface area (Å²) in [7, 11) is -2.12. The second-order valence-electron chi connectivity index (χ2n) is 16.7. The third kappa shape index (κ3) is 21.0. The number of nitrogens with zero attached hydrogens (tertiary/aromatic N) is 4. The van der Waals surface area contributed by atoms with Gasteiger partial charge in [0.1, 0.15) is 0 Å². The maximum Gasteiger partial charge on any atom is 0.194 e. The molecule has 0 aromatic rings. The quantitative estimate of drug-likeness (QED) is 0.0510. The van der Waals surface area contributed by atoms with E-state index in [1.165, 1.54) is 23.5 Å². The van der Waals surface area contributed by atoms with Crippen LogP contribution in [0.1, 0.15) is 144 Å². The fourth-order valence-electron chi connectivity index (χ4n) is 6.27. The van der Waals surface area contributed by atoms with E-state index in [4.69, 9.17) is 18.5 Å². The monoisotopic (exact) mass is 843 g/mol. The zero-order valence-corrected chi connectivity index (χ0v) is 41.3. The average Bonchev–Trinajstić information content (AvgIpc) is 3.04. The van der Waals surface area contributed by atoms with Crippen LogP contribution in [0.15, 0.2) is 0 Å². The lowest BCUT2D eigenvalue weighted by Gasteiger charge is -2.48. The van der Waals surface area contributed by atoms with E-state index in [0.29, 0.717) is 99.9 Å². The molecule has 0 radical (unpaired) electrons. The van der Waals surface area contributed by atoms with Crippen molar-refractivity contribution in [1.29, 1.82) is 0 Å². The third-order valence-corrected chi connectivity index (χ3v) is 16.8. The largest absolute Gasteiger partial charge is 0.378 e. The van der Waals surface area contributed by atoms with Crippen LogP contribution in [0.4, 0.5) is 0 Å². The van der Waals surface area contributed by atoms with E-state index in [0.717, 1.165) is 12.8 Å². The van der Waals surface area contributed by atoms with Gasteiger partial charge in [0, 0.05) is 71.7 Å². The van der Waals surface area contributed by atoms with Crippen LogP contribution in [0.2, 0.25) is 0 Å².